The van der Waals surface area contributed by atoms with Gasteiger partial charge in [0.2, 0.25) is 5.91 Å². The largest absolute Gasteiger partial charge is 0.393 e. The molecular formula is C25H28N4O2. The van der Waals surface area contributed by atoms with Crippen LogP contribution in [-0.4, -0.2) is 33.4 Å². The fourth-order valence-corrected chi connectivity index (χ4v) is 4.83. The Morgan fingerprint density at radius 1 is 1.16 bits per heavy atom. The fraction of sp³-hybridized carbons (Fsp3) is 0.360. The molecule has 1 amide bonds. The molecule has 5 rings (SSSR count). The molecule has 3 aromatic rings. The summed E-state index contributed by atoms with van der Waals surface area (Å²) in [6, 6.07) is 15.0. The van der Waals surface area contributed by atoms with Crippen LogP contribution < -0.4 is 10.6 Å². The molecule has 1 heterocycles. The van der Waals surface area contributed by atoms with Gasteiger partial charge in [-0.1, -0.05) is 30.3 Å². The van der Waals surface area contributed by atoms with Gasteiger partial charge in [0.25, 0.3) is 0 Å². The highest BCUT2D eigenvalue weighted by molar-refractivity contribution is 5.90. The number of rotatable bonds is 5. The van der Waals surface area contributed by atoms with Crippen molar-refractivity contribution in [2.45, 2.75) is 57.7 Å². The number of carbonyl (C=O) groups excluding carboxylic acids is 1. The highest BCUT2D eigenvalue weighted by Gasteiger charge is 2.25. The number of benzene rings is 2. The van der Waals surface area contributed by atoms with Gasteiger partial charge in [0, 0.05) is 48.3 Å². The molecule has 31 heavy (non-hydrogen) atoms. The van der Waals surface area contributed by atoms with Crippen molar-refractivity contribution in [1.29, 1.82) is 0 Å². The molecule has 0 saturated heterocycles. The molecule has 2 aliphatic rings. The number of hydrogen-bond acceptors (Lipinski definition) is 4. The average Bonchev–Trinajstić information content (AvgIpc) is 3.32. The minimum Gasteiger partial charge on any atom is -0.393 e. The monoisotopic (exact) mass is 416 g/mol. The third kappa shape index (κ3) is 4.13. The Hall–Kier alpha value is -2.96. The third-order valence-corrected chi connectivity index (χ3v) is 6.42. The summed E-state index contributed by atoms with van der Waals surface area (Å²) in [5.41, 5.74) is 8.85. The van der Waals surface area contributed by atoms with E-state index in [1.54, 1.807) is 0 Å². The summed E-state index contributed by atoms with van der Waals surface area (Å²) in [6.45, 7) is 2.37. The van der Waals surface area contributed by atoms with E-state index >= 15 is 0 Å². The van der Waals surface area contributed by atoms with Crippen molar-refractivity contribution in [2.24, 2.45) is 0 Å². The molecule has 0 unspecified atom stereocenters. The zero-order chi connectivity index (χ0) is 21.4. The second kappa shape index (κ2) is 8.29. The first-order chi connectivity index (χ1) is 15.1. The van der Waals surface area contributed by atoms with Crippen molar-refractivity contribution < 1.29 is 9.90 Å². The summed E-state index contributed by atoms with van der Waals surface area (Å²) in [5.74, 6) is -0.0812. The van der Waals surface area contributed by atoms with Crippen LogP contribution >= 0.6 is 0 Å². The topological polar surface area (TPSA) is 90.0 Å². The molecule has 2 aromatic carbocycles. The van der Waals surface area contributed by atoms with Gasteiger partial charge in [-0.05, 0) is 48.9 Å². The fourth-order valence-electron chi connectivity index (χ4n) is 4.83. The number of aliphatic hydroxyl groups is 1. The Balaban J connectivity index is 1.32. The minimum absolute atomic E-state index is 0.0812. The molecule has 2 aliphatic carbocycles. The van der Waals surface area contributed by atoms with Crippen LogP contribution in [0.2, 0.25) is 0 Å². The summed E-state index contributed by atoms with van der Waals surface area (Å²) in [4.78, 5) is 11.4. The SMILES string of the molecule is CC(=O)Nc1cccc(-c2n[nH]c3c2Cc2cc(CN[C@H]4CC[C@H](O)CC4)ccc2-3)c1. The molecule has 6 heteroatoms. The Kier molecular flexibility index (Phi) is 5.34. The summed E-state index contributed by atoms with van der Waals surface area (Å²) in [7, 11) is 0. The lowest BCUT2D eigenvalue weighted by molar-refractivity contribution is -0.114. The number of anilines is 1. The van der Waals surface area contributed by atoms with Gasteiger partial charge >= 0.3 is 0 Å². The highest BCUT2D eigenvalue weighted by Crippen LogP contribution is 2.40. The Morgan fingerprint density at radius 3 is 2.81 bits per heavy atom. The number of aromatic nitrogens is 2. The molecule has 6 nitrogen and oxygen atoms in total. The number of aromatic amines is 1. The molecule has 0 bridgehead atoms. The molecule has 4 N–H and O–H groups in total. The average molecular weight is 417 g/mol. The number of nitrogens with zero attached hydrogens (tertiary/aromatic N) is 1. The molecule has 160 valence electrons. The number of carbonyl (C=O) groups is 1. The summed E-state index contributed by atoms with van der Waals surface area (Å²) < 4.78 is 0. The normalized spacial score (nSPS) is 19.7. The lowest BCUT2D eigenvalue weighted by Crippen LogP contribution is -2.34. The summed E-state index contributed by atoms with van der Waals surface area (Å²) in [5, 5.41) is 24.0. The van der Waals surface area contributed by atoms with Gasteiger partial charge in [0.15, 0.2) is 0 Å². The standard InChI is InChI=1S/C25H28N4O2/c1-15(30)27-20-4-2-3-17(12-20)24-23-13-18-11-16(5-10-22(18)25(23)29-28-24)14-26-19-6-8-21(31)9-7-19/h2-5,10-12,19,21,26,31H,6-9,13-14H2,1H3,(H,27,30)(H,28,29)/t19-,21-. The van der Waals surface area contributed by atoms with Gasteiger partial charge in [0.1, 0.15) is 0 Å². The number of nitrogens with one attached hydrogen (secondary N) is 3. The van der Waals surface area contributed by atoms with Crippen LogP contribution in [0.25, 0.3) is 22.5 Å². The quantitative estimate of drug-likeness (QED) is 0.396. The molecule has 1 saturated carbocycles. The molecule has 0 radical (unpaired) electrons. The van der Waals surface area contributed by atoms with Crippen molar-refractivity contribution in [3.63, 3.8) is 0 Å². The number of H-pyrrole nitrogens is 1. The Bertz CT molecular complexity index is 1110. The maximum absolute atomic E-state index is 11.4. The van der Waals surface area contributed by atoms with Gasteiger partial charge in [-0.25, -0.2) is 0 Å². The van der Waals surface area contributed by atoms with E-state index in [1.807, 2.05) is 24.3 Å². The van der Waals surface area contributed by atoms with Gasteiger partial charge in [0.05, 0.1) is 17.5 Å². The molecule has 0 spiro atoms. The van der Waals surface area contributed by atoms with E-state index in [-0.39, 0.29) is 12.0 Å². The zero-order valence-electron chi connectivity index (χ0n) is 17.7. The predicted octanol–water partition coefficient (Wildman–Crippen LogP) is 4.00. The maximum Gasteiger partial charge on any atom is 0.221 e. The van der Waals surface area contributed by atoms with E-state index in [9.17, 15) is 9.90 Å². The van der Waals surface area contributed by atoms with Crippen LogP contribution in [0.5, 0.6) is 0 Å². The molecular weight excluding hydrogens is 388 g/mol. The van der Waals surface area contributed by atoms with E-state index in [1.165, 1.54) is 29.2 Å². The first-order valence-electron chi connectivity index (χ1n) is 11.1. The van der Waals surface area contributed by atoms with E-state index in [0.717, 1.165) is 61.3 Å². The van der Waals surface area contributed by atoms with E-state index in [4.69, 9.17) is 0 Å². The van der Waals surface area contributed by atoms with Gasteiger partial charge in [-0.3, -0.25) is 9.89 Å². The van der Waals surface area contributed by atoms with Crippen LogP contribution in [0.15, 0.2) is 42.5 Å². The van der Waals surface area contributed by atoms with Crippen molar-refractivity contribution in [3.05, 3.63) is 59.2 Å². The van der Waals surface area contributed by atoms with Crippen LogP contribution in [0, 0.1) is 0 Å². The summed E-state index contributed by atoms with van der Waals surface area (Å²) >= 11 is 0. The van der Waals surface area contributed by atoms with Crippen LogP contribution in [-0.2, 0) is 17.8 Å². The third-order valence-electron chi connectivity index (χ3n) is 6.42. The highest BCUT2D eigenvalue weighted by atomic mass is 16.3. The van der Waals surface area contributed by atoms with Crippen molar-refractivity contribution >= 4 is 11.6 Å². The van der Waals surface area contributed by atoms with Crippen molar-refractivity contribution in [2.75, 3.05) is 5.32 Å². The van der Waals surface area contributed by atoms with Crippen molar-refractivity contribution in [1.82, 2.24) is 15.5 Å². The molecule has 1 fully saturated rings. The lowest BCUT2D eigenvalue weighted by atomic mass is 9.93. The Labute approximate surface area is 182 Å². The van der Waals surface area contributed by atoms with Gasteiger partial charge in [-0.15, -0.1) is 0 Å². The predicted molar refractivity (Wildman–Crippen MR) is 122 cm³/mol. The number of hydrogen-bond donors (Lipinski definition) is 4. The second-order valence-electron chi connectivity index (χ2n) is 8.74. The van der Waals surface area contributed by atoms with E-state index in [2.05, 4.69) is 39.0 Å². The Morgan fingerprint density at radius 2 is 2.00 bits per heavy atom. The molecule has 0 atom stereocenters. The molecule has 1 aromatic heterocycles. The first-order valence-corrected chi connectivity index (χ1v) is 11.1. The minimum atomic E-state index is -0.117. The lowest BCUT2D eigenvalue weighted by Gasteiger charge is -2.26. The smallest absolute Gasteiger partial charge is 0.221 e. The zero-order valence-corrected chi connectivity index (χ0v) is 17.7. The van der Waals surface area contributed by atoms with E-state index in [0.29, 0.717) is 6.04 Å². The van der Waals surface area contributed by atoms with Gasteiger partial charge < -0.3 is 15.7 Å². The van der Waals surface area contributed by atoms with Crippen molar-refractivity contribution in [3.8, 4) is 22.5 Å². The number of aliphatic hydroxyl groups excluding tert-OH is 1. The molecule has 0 aliphatic heterocycles. The van der Waals surface area contributed by atoms with E-state index < -0.39 is 0 Å². The summed E-state index contributed by atoms with van der Waals surface area (Å²) in [6.07, 6.45) is 4.62. The number of fused-ring (bicyclic) bond motifs is 3. The van der Waals surface area contributed by atoms with Crippen LogP contribution in [0.3, 0.4) is 0 Å². The maximum atomic E-state index is 11.4. The van der Waals surface area contributed by atoms with Crippen LogP contribution in [0.1, 0.15) is 49.3 Å². The van der Waals surface area contributed by atoms with Gasteiger partial charge in [-0.2, -0.15) is 5.10 Å². The number of amides is 1. The second-order valence-corrected chi connectivity index (χ2v) is 8.74. The van der Waals surface area contributed by atoms with Crippen LogP contribution in [0.4, 0.5) is 5.69 Å². The first kappa shape index (κ1) is 20.0.